The van der Waals surface area contributed by atoms with Crippen molar-refractivity contribution in [1.29, 1.82) is 0 Å². The van der Waals surface area contributed by atoms with E-state index in [2.05, 4.69) is 66.7 Å². The fourth-order valence-corrected chi connectivity index (χ4v) is 8.00. The Morgan fingerprint density at radius 2 is 1.48 bits per heavy atom. The molecule has 9 rings (SSSR count). The van der Waals surface area contributed by atoms with E-state index in [0.29, 0.717) is 12.1 Å². The zero-order valence-electron chi connectivity index (χ0n) is 31.4. The molecule has 0 unspecified atom stereocenters. The Hall–Kier alpha value is -5.46. The first-order valence-corrected chi connectivity index (χ1v) is 18.9. The van der Waals surface area contributed by atoms with Crippen LogP contribution >= 0.6 is 0 Å². The molecule has 2 fully saturated rings. The maximum Gasteiger partial charge on any atom is 0.141 e. The highest BCUT2D eigenvalue weighted by Crippen LogP contribution is 2.35. The van der Waals surface area contributed by atoms with Gasteiger partial charge in [-0.05, 0) is 113 Å². The number of H-pyrrole nitrogens is 1. The van der Waals surface area contributed by atoms with Gasteiger partial charge in [-0.25, -0.2) is 9.97 Å². The third-order valence-corrected chi connectivity index (χ3v) is 10.7. The van der Waals surface area contributed by atoms with Gasteiger partial charge >= 0.3 is 0 Å². The molecule has 5 aromatic heterocycles. The first kappa shape index (κ1) is 35.6. The molecule has 0 aliphatic carbocycles. The lowest BCUT2D eigenvalue weighted by molar-refractivity contribution is 0.0699. The highest BCUT2D eigenvalue weighted by atomic mass is 16.5. The minimum atomic E-state index is 0.410. The number of benzene rings is 2. The first-order chi connectivity index (χ1) is 26.3. The molecule has 0 bridgehead atoms. The van der Waals surface area contributed by atoms with Crippen LogP contribution < -0.4 is 11.1 Å². The van der Waals surface area contributed by atoms with Gasteiger partial charge in [0.1, 0.15) is 23.0 Å². The van der Waals surface area contributed by atoms with Crippen molar-refractivity contribution in [1.82, 2.24) is 29.8 Å². The maximum atomic E-state index is 6.20. The maximum absolute atomic E-state index is 6.20. The number of ether oxygens (including phenoxy) is 2. The number of nitrogens with one attached hydrogen (secondary N) is 2. The summed E-state index contributed by atoms with van der Waals surface area (Å²) >= 11 is 0. The monoisotopic (exact) mass is 728 g/mol. The molecular weight excluding hydrogens is 681 g/mol. The van der Waals surface area contributed by atoms with Crippen molar-refractivity contribution in [3.8, 4) is 22.3 Å². The topological polar surface area (TPSA) is 155 Å². The number of imidazole rings is 1. The third-order valence-electron chi connectivity index (χ3n) is 10.7. The molecule has 12 heteroatoms. The number of aromatic amines is 1. The van der Waals surface area contributed by atoms with Crippen molar-refractivity contribution in [2.45, 2.75) is 78.3 Å². The Labute approximate surface area is 314 Å². The van der Waals surface area contributed by atoms with Crippen molar-refractivity contribution in [2.24, 2.45) is 0 Å². The molecule has 2 aliphatic heterocycles. The van der Waals surface area contributed by atoms with Gasteiger partial charge in [0.15, 0.2) is 0 Å². The Morgan fingerprint density at radius 1 is 0.815 bits per heavy atom. The summed E-state index contributed by atoms with van der Waals surface area (Å²) in [6.07, 6.45) is 9.75. The highest BCUT2D eigenvalue weighted by Gasteiger charge is 2.23. The highest BCUT2D eigenvalue weighted by molar-refractivity contribution is 5.84. The summed E-state index contributed by atoms with van der Waals surface area (Å²) in [4.78, 5) is 12.9. The molecule has 4 N–H and O–H groups in total. The summed E-state index contributed by atoms with van der Waals surface area (Å²) in [7, 11) is 0. The molecule has 12 nitrogen and oxygen atoms in total. The zero-order valence-corrected chi connectivity index (χ0v) is 31.4. The summed E-state index contributed by atoms with van der Waals surface area (Å²) in [5, 5.41) is 12.8. The van der Waals surface area contributed by atoms with E-state index >= 15 is 0 Å². The number of nitrogens with zero attached hydrogens (tertiary/aromatic N) is 5. The number of hydrogen-bond donors (Lipinski definition) is 3. The van der Waals surface area contributed by atoms with Crippen molar-refractivity contribution in [3.05, 3.63) is 95.2 Å². The molecule has 2 aromatic carbocycles. The fraction of sp³-hybridized carbons (Fsp3) is 0.381. The van der Waals surface area contributed by atoms with Crippen LogP contribution in [0.5, 0.6) is 0 Å². The van der Waals surface area contributed by atoms with Crippen LogP contribution in [-0.4, -0.2) is 62.3 Å². The van der Waals surface area contributed by atoms with Crippen molar-refractivity contribution in [3.63, 3.8) is 0 Å². The normalized spacial score (nSPS) is 15.5. The number of rotatable bonds is 8. The van der Waals surface area contributed by atoms with E-state index in [1.165, 1.54) is 16.5 Å². The van der Waals surface area contributed by atoms with Crippen LogP contribution in [0.15, 0.2) is 70.0 Å². The summed E-state index contributed by atoms with van der Waals surface area (Å²) in [6, 6.07) is 17.6. The molecule has 280 valence electrons. The lowest BCUT2D eigenvalue weighted by Crippen LogP contribution is -2.28. The fourth-order valence-electron chi connectivity index (χ4n) is 8.00. The van der Waals surface area contributed by atoms with Crippen LogP contribution in [0.2, 0.25) is 0 Å². The second-order valence-corrected chi connectivity index (χ2v) is 14.4. The standard InChI is InChI=1S/C26H27N5O2.C16H21N3O2/c1-16-25(17(2)33-30-16)18-5-7-23-22(14-18)29-24(31(23)20-9-12-32-13-10-20)8-6-19-15-28-26-21(19)4-3-11-27-26;1-10-16(11(2)21-19-10)12-3-4-15(14(17)9-12)18-13-5-7-20-8-6-13/h3-5,7,11,14-15,20H,6,8-10,12-13H2,1-2H3,(H,27,28);3-4,9,13,18H,5-8,17H2,1-2H3. The summed E-state index contributed by atoms with van der Waals surface area (Å²) in [5.41, 5.74) is 18.4. The average molecular weight is 729 g/mol. The quantitative estimate of drug-likeness (QED) is 0.130. The largest absolute Gasteiger partial charge is 0.397 e. The van der Waals surface area contributed by atoms with E-state index in [-0.39, 0.29) is 0 Å². The smallest absolute Gasteiger partial charge is 0.141 e. The SMILES string of the molecule is Cc1noc(C)c1-c1ccc(NC2CCOCC2)c(N)c1.Cc1noc(C)c1-c1ccc2c(c1)nc(CCc1c[nH]c3ncccc13)n2C1CCOCC1. The summed E-state index contributed by atoms with van der Waals surface area (Å²) in [6.45, 7) is 11.0. The first-order valence-electron chi connectivity index (χ1n) is 18.9. The number of nitrogens with two attached hydrogens (primary N) is 1. The molecule has 0 radical (unpaired) electrons. The second kappa shape index (κ2) is 15.5. The summed E-state index contributed by atoms with van der Waals surface area (Å²) < 4.78 is 24.1. The number of pyridine rings is 1. The molecule has 0 saturated carbocycles. The lowest BCUT2D eigenvalue weighted by Gasteiger charge is -2.26. The molecule has 0 atom stereocenters. The van der Waals surface area contributed by atoms with Gasteiger partial charge in [-0.3, -0.25) is 0 Å². The Morgan fingerprint density at radius 3 is 2.15 bits per heavy atom. The van der Waals surface area contributed by atoms with E-state index in [4.69, 9.17) is 29.2 Å². The van der Waals surface area contributed by atoms with Gasteiger partial charge in [-0.1, -0.05) is 22.4 Å². The number of anilines is 2. The van der Waals surface area contributed by atoms with Crippen LogP contribution in [0.3, 0.4) is 0 Å². The van der Waals surface area contributed by atoms with Gasteiger partial charge in [0.25, 0.3) is 0 Å². The van der Waals surface area contributed by atoms with E-state index in [9.17, 15) is 0 Å². The molecule has 0 spiro atoms. The Bertz CT molecular complexity index is 2340. The van der Waals surface area contributed by atoms with Gasteiger partial charge in [-0.2, -0.15) is 0 Å². The number of nitrogen functional groups attached to an aromatic ring is 1. The van der Waals surface area contributed by atoms with E-state index in [1.54, 1.807) is 0 Å². The second-order valence-electron chi connectivity index (χ2n) is 14.4. The van der Waals surface area contributed by atoms with Crippen LogP contribution in [0, 0.1) is 27.7 Å². The van der Waals surface area contributed by atoms with Crippen LogP contribution in [-0.2, 0) is 22.3 Å². The molecule has 2 saturated heterocycles. The van der Waals surface area contributed by atoms with Gasteiger partial charge in [0.2, 0.25) is 0 Å². The zero-order chi connectivity index (χ0) is 37.2. The van der Waals surface area contributed by atoms with Crippen molar-refractivity contribution in [2.75, 3.05) is 37.5 Å². The molecule has 2 aliphatic rings. The summed E-state index contributed by atoms with van der Waals surface area (Å²) in [5.74, 6) is 2.78. The number of aryl methyl sites for hydroxylation is 6. The van der Waals surface area contributed by atoms with Crippen LogP contribution in [0.25, 0.3) is 44.3 Å². The predicted octanol–water partition coefficient (Wildman–Crippen LogP) is 8.45. The molecule has 0 amide bonds. The Kier molecular flexibility index (Phi) is 10.2. The van der Waals surface area contributed by atoms with Gasteiger partial charge in [-0.15, -0.1) is 0 Å². The van der Waals surface area contributed by atoms with Gasteiger partial charge in [0, 0.05) is 73.8 Å². The van der Waals surface area contributed by atoms with Crippen molar-refractivity contribution < 1.29 is 18.5 Å². The third kappa shape index (κ3) is 7.23. The van der Waals surface area contributed by atoms with E-state index < -0.39 is 0 Å². The van der Waals surface area contributed by atoms with E-state index in [0.717, 1.165) is 138 Å². The molecular formula is C42H48N8O4. The van der Waals surface area contributed by atoms with Crippen molar-refractivity contribution >= 4 is 33.4 Å². The van der Waals surface area contributed by atoms with Crippen LogP contribution in [0.1, 0.15) is 66.0 Å². The number of hydrogen-bond acceptors (Lipinski definition) is 10. The molecule has 7 heterocycles. The van der Waals surface area contributed by atoms with E-state index in [1.807, 2.05) is 52.1 Å². The van der Waals surface area contributed by atoms with Gasteiger partial charge in [0.05, 0.1) is 33.8 Å². The minimum absolute atomic E-state index is 0.410. The number of fused-ring (bicyclic) bond motifs is 2. The van der Waals surface area contributed by atoms with Gasteiger partial charge < -0.3 is 39.1 Å². The number of aromatic nitrogens is 6. The molecule has 7 aromatic rings. The van der Waals surface area contributed by atoms with Crippen LogP contribution in [0.4, 0.5) is 11.4 Å². The lowest BCUT2D eigenvalue weighted by atomic mass is 10.0. The average Bonchev–Trinajstić information content (AvgIpc) is 3.96. The molecule has 54 heavy (non-hydrogen) atoms. The Balaban J connectivity index is 0.000000170. The minimum Gasteiger partial charge on any atom is -0.397 e. The predicted molar refractivity (Wildman–Crippen MR) is 211 cm³/mol.